The molecule has 2 aromatic rings. The summed E-state index contributed by atoms with van der Waals surface area (Å²) < 4.78 is 0. The van der Waals surface area contributed by atoms with Gasteiger partial charge in [-0.05, 0) is 37.5 Å². The highest BCUT2D eigenvalue weighted by Crippen LogP contribution is 2.46. The zero-order chi connectivity index (χ0) is 21.4. The molecule has 150 valence electrons. The lowest BCUT2D eigenvalue weighted by Crippen LogP contribution is -2.38. The Kier molecular flexibility index (Phi) is 4.84. The van der Waals surface area contributed by atoms with Crippen molar-refractivity contribution in [3.8, 4) is 6.07 Å². The lowest BCUT2D eigenvalue weighted by molar-refractivity contribution is -0.384. The molecule has 0 radical (unpaired) electrons. The van der Waals surface area contributed by atoms with E-state index in [1.54, 1.807) is 17.0 Å². The number of benzene rings is 2. The molecule has 1 atom stereocenters. The van der Waals surface area contributed by atoms with Crippen LogP contribution in [0.4, 0.5) is 11.4 Å². The molecule has 7 nitrogen and oxygen atoms in total. The molecule has 4 rings (SSSR count). The largest absolute Gasteiger partial charge is 0.384 e. The van der Waals surface area contributed by atoms with Gasteiger partial charge in [0.2, 0.25) is 0 Å². The van der Waals surface area contributed by atoms with Gasteiger partial charge in [-0.3, -0.25) is 19.8 Å². The van der Waals surface area contributed by atoms with Crippen molar-refractivity contribution in [2.24, 2.45) is 5.73 Å². The van der Waals surface area contributed by atoms with Crippen LogP contribution in [-0.2, 0) is 4.79 Å². The fourth-order valence-corrected chi connectivity index (χ4v) is 4.23. The molecule has 0 spiro atoms. The van der Waals surface area contributed by atoms with Gasteiger partial charge in [-0.2, -0.15) is 5.26 Å². The molecule has 2 aromatic carbocycles. The molecule has 1 heterocycles. The van der Waals surface area contributed by atoms with E-state index < -0.39 is 10.8 Å². The fraction of sp³-hybridized carbons (Fsp3) is 0.217. The summed E-state index contributed by atoms with van der Waals surface area (Å²) in [6.07, 6.45) is 1.71. The third-order valence-electron chi connectivity index (χ3n) is 5.62. The molecule has 0 unspecified atom stereocenters. The molecule has 0 aromatic heterocycles. The first kappa shape index (κ1) is 19.4. The first-order chi connectivity index (χ1) is 14.4. The molecule has 0 bridgehead atoms. The summed E-state index contributed by atoms with van der Waals surface area (Å²) in [4.78, 5) is 25.6. The average Bonchev–Trinajstić information content (AvgIpc) is 2.74. The first-order valence-corrected chi connectivity index (χ1v) is 9.69. The molecule has 0 saturated carbocycles. The molecule has 2 N–H and O–H groups in total. The Morgan fingerprint density at radius 3 is 2.60 bits per heavy atom. The third-order valence-corrected chi connectivity index (χ3v) is 5.62. The van der Waals surface area contributed by atoms with Crippen LogP contribution >= 0.6 is 0 Å². The van der Waals surface area contributed by atoms with Crippen molar-refractivity contribution < 1.29 is 9.72 Å². The molecule has 0 fully saturated rings. The minimum absolute atomic E-state index is 0.0508. The van der Waals surface area contributed by atoms with Crippen LogP contribution < -0.4 is 10.6 Å². The van der Waals surface area contributed by atoms with Gasteiger partial charge >= 0.3 is 0 Å². The summed E-state index contributed by atoms with van der Waals surface area (Å²) in [5.41, 5.74) is 10.3. The van der Waals surface area contributed by atoms with Gasteiger partial charge in [-0.25, -0.2) is 0 Å². The van der Waals surface area contributed by atoms with Crippen LogP contribution in [0.2, 0.25) is 0 Å². The molecule has 0 amide bonds. The van der Waals surface area contributed by atoms with Gasteiger partial charge < -0.3 is 5.73 Å². The number of hydrogen-bond donors (Lipinski definition) is 1. The van der Waals surface area contributed by atoms with E-state index in [0.717, 1.165) is 16.9 Å². The fourth-order valence-electron chi connectivity index (χ4n) is 4.23. The predicted molar refractivity (Wildman–Crippen MR) is 112 cm³/mol. The van der Waals surface area contributed by atoms with Crippen molar-refractivity contribution in [2.75, 3.05) is 4.90 Å². The number of nitro benzene ring substituents is 1. The van der Waals surface area contributed by atoms with Gasteiger partial charge in [0.05, 0.1) is 22.5 Å². The van der Waals surface area contributed by atoms with E-state index in [1.165, 1.54) is 12.1 Å². The Labute approximate surface area is 173 Å². The van der Waals surface area contributed by atoms with E-state index >= 15 is 0 Å². The van der Waals surface area contributed by atoms with Crippen LogP contribution in [0.15, 0.2) is 71.2 Å². The maximum atomic E-state index is 13.0. The summed E-state index contributed by atoms with van der Waals surface area (Å²) in [5.74, 6) is -0.504. The number of hydrogen-bond acceptors (Lipinski definition) is 6. The number of allylic oxidation sites excluding steroid dienone is 3. The van der Waals surface area contributed by atoms with Crippen LogP contribution in [0.1, 0.15) is 36.3 Å². The van der Waals surface area contributed by atoms with Crippen molar-refractivity contribution in [2.45, 2.75) is 32.1 Å². The Balaban J connectivity index is 1.96. The second kappa shape index (κ2) is 7.48. The van der Waals surface area contributed by atoms with Crippen LogP contribution in [0.25, 0.3) is 0 Å². The maximum Gasteiger partial charge on any atom is 0.269 e. The Hall–Kier alpha value is -3.92. The molecule has 2 aliphatic rings. The van der Waals surface area contributed by atoms with Gasteiger partial charge in [0.1, 0.15) is 5.82 Å². The van der Waals surface area contributed by atoms with E-state index in [-0.39, 0.29) is 22.9 Å². The minimum atomic E-state index is -0.709. The van der Waals surface area contributed by atoms with Crippen molar-refractivity contribution in [1.29, 1.82) is 5.26 Å². The summed E-state index contributed by atoms with van der Waals surface area (Å²) in [5, 5.41) is 21.3. The number of nitro groups is 1. The van der Waals surface area contributed by atoms with Crippen LogP contribution in [0.3, 0.4) is 0 Å². The molecule has 7 heteroatoms. The van der Waals surface area contributed by atoms with Crippen molar-refractivity contribution in [3.63, 3.8) is 0 Å². The number of Topliss-reactive ketones (excluding diaryl/α,β-unsaturated/α-hetero) is 1. The summed E-state index contributed by atoms with van der Waals surface area (Å²) >= 11 is 0. The number of anilines is 1. The van der Waals surface area contributed by atoms with Crippen LogP contribution in [-0.4, -0.2) is 10.7 Å². The van der Waals surface area contributed by atoms with E-state index in [0.29, 0.717) is 30.4 Å². The van der Waals surface area contributed by atoms with E-state index in [1.807, 2.05) is 31.2 Å². The number of ketones is 1. The highest BCUT2D eigenvalue weighted by Gasteiger charge is 2.40. The Morgan fingerprint density at radius 1 is 1.20 bits per heavy atom. The predicted octanol–water partition coefficient (Wildman–Crippen LogP) is 4.21. The topological polar surface area (TPSA) is 113 Å². The number of nitrogens with zero attached hydrogens (tertiary/aromatic N) is 3. The number of carbonyl (C=O) groups is 1. The molecule has 1 aliphatic heterocycles. The molecule has 30 heavy (non-hydrogen) atoms. The lowest BCUT2D eigenvalue weighted by Gasteiger charge is -2.39. The lowest BCUT2D eigenvalue weighted by atomic mass is 9.75. The van der Waals surface area contributed by atoms with Crippen molar-refractivity contribution >= 4 is 17.2 Å². The second-order valence-corrected chi connectivity index (χ2v) is 7.50. The molecule has 1 aliphatic carbocycles. The van der Waals surface area contributed by atoms with Crippen LogP contribution in [0.5, 0.6) is 0 Å². The number of rotatable bonds is 3. The number of nitrogens with two attached hydrogens (primary N) is 1. The molecule has 0 saturated heterocycles. The number of aryl methyl sites for hydroxylation is 1. The SMILES string of the molecule is Cc1ccc(N2C(N)=C(C#N)[C@H](c3cccc([N+](=O)[O-])c3)C3=C2CCCC3=O)cc1. The zero-order valence-corrected chi connectivity index (χ0v) is 16.5. The second-order valence-electron chi connectivity index (χ2n) is 7.50. The van der Waals surface area contributed by atoms with Crippen molar-refractivity contribution in [1.82, 2.24) is 0 Å². The monoisotopic (exact) mass is 400 g/mol. The minimum Gasteiger partial charge on any atom is -0.384 e. The Morgan fingerprint density at radius 2 is 1.93 bits per heavy atom. The van der Waals surface area contributed by atoms with Crippen molar-refractivity contribution in [3.05, 3.63) is 92.4 Å². The number of carbonyl (C=O) groups excluding carboxylic acids is 1. The Bertz CT molecular complexity index is 1160. The normalized spacial score (nSPS) is 18.9. The molecular formula is C23H20N4O3. The van der Waals surface area contributed by atoms with Gasteiger partial charge in [0, 0.05) is 35.5 Å². The highest BCUT2D eigenvalue weighted by molar-refractivity contribution is 6.01. The quantitative estimate of drug-likeness (QED) is 0.610. The average molecular weight is 400 g/mol. The van der Waals surface area contributed by atoms with Gasteiger partial charge in [0.15, 0.2) is 5.78 Å². The van der Waals surface area contributed by atoms with E-state index in [2.05, 4.69) is 6.07 Å². The standard InChI is InChI=1S/C23H20N4O3/c1-14-8-10-16(11-9-14)26-19-6-3-7-20(28)22(19)21(18(13-24)23(26)25)15-4-2-5-17(12-15)27(29)30/h2,4-5,8-12,21H,3,6-7,25H2,1H3/t21-/m0/s1. The number of non-ortho nitro benzene ring substituents is 1. The van der Waals surface area contributed by atoms with Gasteiger partial charge in [0.25, 0.3) is 5.69 Å². The third kappa shape index (κ3) is 3.12. The number of nitriles is 1. The molecular weight excluding hydrogens is 380 g/mol. The summed E-state index contributed by atoms with van der Waals surface area (Å²) in [6.45, 7) is 1.98. The van der Waals surface area contributed by atoms with E-state index in [4.69, 9.17) is 5.73 Å². The zero-order valence-electron chi connectivity index (χ0n) is 16.5. The highest BCUT2D eigenvalue weighted by atomic mass is 16.6. The maximum absolute atomic E-state index is 13.0. The van der Waals surface area contributed by atoms with Crippen LogP contribution in [0, 0.1) is 28.4 Å². The van der Waals surface area contributed by atoms with Gasteiger partial charge in [-0.15, -0.1) is 0 Å². The summed E-state index contributed by atoms with van der Waals surface area (Å²) in [7, 11) is 0. The first-order valence-electron chi connectivity index (χ1n) is 9.69. The van der Waals surface area contributed by atoms with E-state index in [9.17, 15) is 20.2 Å². The van der Waals surface area contributed by atoms with Gasteiger partial charge in [-0.1, -0.05) is 29.8 Å². The summed E-state index contributed by atoms with van der Waals surface area (Å²) in [6, 6.07) is 16.0. The smallest absolute Gasteiger partial charge is 0.269 e.